The van der Waals surface area contributed by atoms with Crippen LogP contribution in [0.15, 0.2) is 24.3 Å². The van der Waals surface area contributed by atoms with E-state index in [4.69, 9.17) is 11.6 Å². The Labute approximate surface area is 94.2 Å². The van der Waals surface area contributed by atoms with Crippen LogP contribution in [0.2, 0.25) is 0 Å². The fourth-order valence-corrected chi connectivity index (χ4v) is 1.65. The van der Waals surface area contributed by atoms with Crippen molar-refractivity contribution in [2.45, 2.75) is 31.6 Å². The zero-order chi connectivity index (χ0) is 11.3. The Bertz CT molecular complexity index is 324. The summed E-state index contributed by atoms with van der Waals surface area (Å²) in [7, 11) is 0. The largest absolute Gasteiger partial charge is 0.269 e. The average Bonchev–Trinajstić information content (AvgIpc) is 2.26. The first-order chi connectivity index (χ1) is 7.15. The van der Waals surface area contributed by atoms with Crippen LogP contribution in [-0.4, -0.2) is 4.92 Å². The first kappa shape index (κ1) is 12.0. The molecule has 15 heavy (non-hydrogen) atoms. The van der Waals surface area contributed by atoms with E-state index < -0.39 is 4.92 Å². The van der Waals surface area contributed by atoms with Crippen LogP contribution in [0.25, 0.3) is 0 Å². The molecule has 0 bridgehead atoms. The Kier molecular flexibility index (Phi) is 4.56. The van der Waals surface area contributed by atoms with E-state index >= 15 is 0 Å². The lowest BCUT2D eigenvalue weighted by Crippen LogP contribution is -1.92. The summed E-state index contributed by atoms with van der Waals surface area (Å²) in [6.07, 6.45) is 3.09. The van der Waals surface area contributed by atoms with E-state index in [0.29, 0.717) is 0 Å². The number of non-ortho nitro benzene ring substituents is 1. The highest BCUT2D eigenvalue weighted by atomic mass is 35.5. The van der Waals surface area contributed by atoms with Crippen LogP contribution in [0.1, 0.15) is 37.1 Å². The Morgan fingerprint density at radius 2 is 2.00 bits per heavy atom. The second kappa shape index (κ2) is 5.71. The predicted octanol–water partition coefficient (Wildman–Crippen LogP) is 4.06. The van der Waals surface area contributed by atoms with Gasteiger partial charge in [-0.15, -0.1) is 11.6 Å². The van der Waals surface area contributed by atoms with Crippen molar-refractivity contribution in [1.82, 2.24) is 0 Å². The van der Waals surface area contributed by atoms with Gasteiger partial charge in [-0.2, -0.15) is 0 Å². The first-order valence-corrected chi connectivity index (χ1v) is 5.47. The molecule has 0 spiro atoms. The molecule has 0 N–H and O–H groups in total. The van der Waals surface area contributed by atoms with Crippen molar-refractivity contribution in [3.63, 3.8) is 0 Å². The van der Waals surface area contributed by atoms with Gasteiger partial charge in [0, 0.05) is 12.1 Å². The lowest BCUT2D eigenvalue weighted by Gasteiger charge is -2.08. The maximum absolute atomic E-state index is 10.4. The second-order valence-corrected chi connectivity index (χ2v) is 3.99. The van der Waals surface area contributed by atoms with E-state index in [1.54, 1.807) is 12.1 Å². The molecule has 82 valence electrons. The van der Waals surface area contributed by atoms with Crippen LogP contribution < -0.4 is 0 Å². The van der Waals surface area contributed by atoms with Gasteiger partial charge >= 0.3 is 0 Å². The maximum atomic E-state index is 10.4. The van der Waals surface area contributed by atoms with Crippen molar-refractivity contribution in [3.05, 3.63) is 39.9 Å². The zero-order valence-corrected chi connectivity index (χ0v) is 9.41. The topological polar surface area (TPSA) is 43.1 Å². The molecule has 1 rings (SSSR count). The summed E-state index contributed by atoms with van der Waals surface area (Å²) in [5.41, 5.74) is 1.06. The molecule has 0 heterocycles. The van der Waals surface area contributed by atoms with Gasteiger partial charge in [0.1, 0.15) is 0 Å². The highest BCUT2D eigenvalue weighted by molar-refractivity contribution is 6.20. The molecule has 0 radical (unpaired) electrons. The quantitative estimate of drug-likeness (QED) is 0.432. The molecule has 3 nitrogen and oxygen atoms in total. The molecule has 1 atom stereocenters. The van der Waals surface area contributed by atoms with Crippen LogP contribution in [0.5, 0.6) is 0 Å². The van der Waals surface area contributed by atoms with E-state index in [-0.39, 0.29) is 11.1 Å². The number of nitrogens with zero attached hydrogens (tertiary/aromatic N) is 1. The van der Waals surface area contributed by atoms with E-state index in [0.717, 1.165) is 24.8 Å². The van der Waals surface area contributed by atoms with E-state index in [9.17, 15) is 10.1 Å². The first-order valence-electron chi connectivity index (χ1n) is 5.03. The number of halogens is 1. The van der Waals surface area contributed by atoms with Crippen molar-refractivity contribution >= 4 is 17.3 Å². The smallest absolute Gasteiger partial charge is 0.258 e. The van der Waals surface area contributed by atoms with E-state index in [1.807, 2.05) is 0 Å². The minimum atomic E-state index is -0.404. The Morgan fingerprint density at radius 1 is 1.40 bits per heavy atom. The summed E-state index contributed by atoms with van der Waals surface area (Å²) in [4.78, 5) is 10.0. The van der Waals surface area contributed by atoms with Crippen molar-refractivity contribution in [2.24, 2.45) is 0 Å². The second-order valence-electron chi connectivity index (χ2n) is 3.46. The normalized spacial score (nSPS) is 12.4. The molecular formula is C11H14ClNO2. The molecule has 0 saturated carbocycles. The molecule has 4 heteroatoms. The van der Waals surface area contributed by atoms with Crippen LogP contribution >= 0.6 is 11.6 Å². The van der Waals surface area contributed by atoms with Crippen LogP contribution in [0.3, 0.4) is 0 Å². The van der Waals surface area contributed by atoms with Gasteiger partial charge in [0.2, 0.25) is 0 Å². The van der Waals surface area contributed by atoms with Crippen molar-refractivity contribution in [1.29, 1.82) is 0 Å². The third-order valence-corrected chi connectivity index (χ3v) is 2.75. The monoisotopic (exact) mass is 227 g/mol. The van der Waals surface area contributed by atoms with Gasteiger partial charge in [-0.05, 0) is 12.0 Å². The van der Waals surface area contributed by atoms with Crippen molar-refractivity contribution in [2.75, 3.05) is 0 Å². The van der Waals surface area contributed by atoms with Crippen molar-refractivity contribution < 1.29 is 4.92 Å². The Morgan fingerprint density at radius 3 is 2.47 bits per heavy atom. The fourth-order valence-electron chi connectivity index (χ4n) is 1.35. The van der Waals surface area contributed by atoms with Crippen LogP contribution in [0.4, 0.5) is 5.69 Å². The molecule has 0 aliphatic carbocycles. The highest BCUT2D eigenvalue weighted by Crippen LogP contribution is 2.27. The molecule has 0 aromatic heterocycles. The number of hydrogen-bond donors (Lipinski definition) is 0. The standard InChI is InChI=1S/C11H14ClNO2/c1-2-3-4-11(12)9-5-7-10(8-6-9)13(14)15/h5-8,11H,2-4H2,1H3. The maximum Gasteiger partial charge on any atom is 0.269 e. The van der Waals surface area contributed by atoms with Gasteiger partial charge in [0.15, 0.2) is 0 Å². The van der Waals surface area contributed by atoms with Gasteiger partial charge in [-0.1, -0.05) is 31.9 Å². The summed E-state index contributed by atoms with van der Waals surface area (Å²) < 4.78 is 0. The summed E-state index contributed by atoms with van der Waals surface area (Å²) in [6, 6.07) is 6.45. The minimum absolute atomic E-state index is 0.0363. The Hall–Kier alpha value is -1.09. The number of alkyl halides is 1. The van der Waals surface area contributed by atoms with E-state index in [1.165, 1.54) is 12.1 Å². The fraction of sp³-hybridized carbons (Fsp3) is 0.455. The summed E-state index contributed by atoms with van der Waals surface area (Å²) >= 11 is 6.15. The SMILES string of the molecule is CCCCC(Cl)c1ccc([N+](=O)[O-])cc1. The number of hydrogen-bond acceptors (Lipinski definition) is 2. The summed E-state index contributed by atoms with van der Waals surface area (Å²) in [5, 5.41) is 10.4. The van der Waals surface area contributed by atoms with Crippen LogP contribution in [-0.2, 0) is 0 Å². The van der Waals surface area contributed by atoms with Gasteiger partial charge in [0.05, 0.1) is 10.3 Å². The highest BCUT2D eigenvalue weighted by Gasteiger charge is 2.09. The molecule has 1 aromatic carbocycles. The third kappa shape index (κ3) is 3.51. The average molecular weight is 228 g/mol. The molecule has 0 aliphatic heterocycles. The zero-order valence-electron chi connectivity index (χ0n) is 8.65. The predicted molar refractivity (Wildman–Crippen MR) is 61.2 cm³/mol. The number of nitro benzene ring substituents is 1. The lowest BCUT2D eigenvalue weighted by molar-refractivity contribution is -0.384. The molecule has 0 aliphatic rings. The van der Waals surface area contributed by atoms with Crippen molar-refractivity contribution in [3.8, 4) is 0 Å². The number of nitro groups is 1. The molecule has 0 fully saturated rings. The van der Waals surface area contributed by atoms with Crippen LogP contribution in [0, 0.1) is 10.1 Å². The summed E-state index contributed by atoms with van der Waals surface area (Å²) in [6.45, 7) is 2.11. The summed E-state index contributed by atoms with van der Waals surface area (Å²) in [5.74, 6) is 0. The number of unbranched alkanes of at least 4 members (excludes halogenated alkanes) is 1. The van der Waals surface area contributed by atoms with Gasteiger partial charge in [0.25, 0.3) is 5.69 Å². The minimum Gasteiger partial charge on any atom is -0.258 e. The molecule has 1 unspecified atom stereocenters. The van der Waals surface area contributed by atoms with Gasteiger partial charge < -0.3 is 0 Å². The number of benzene rings is 1. The van der Waals surface area contributed by atoms with Gasteiger partial charge in [-0.25, -0.2) is 0 Å². The van der Waals surface area contributed by atoms with Gasteiger partial charge in [-0.3, -0.25) is 10.1 Å². The molecular weight excluding hydrogens is 214 g/mol. The Balaban J connectivity index is 2.66. The molecule has 0 saturated heterocycles. The number of rotatable bonds is 5. The third-order valence-electron chi connectivity index (χ3n) is 2.28. The molecule has 1 aromatic rings. The molecule has 0 amide bonds. The lowest BCUT2D eigenvalue weighted by atomic mass is 10.1. The van der Waals surface area contributed by atoms with E-state index in [2.05, 4.69) is 6.92 Å².